The zero-order chi connectivity index (χ0) is 12.7. The van der Waals surface area contributed by atoms with E-state index in [0.29, 0.717) is 0 Å². The Kier molecular flexibility index (Phi) is 7.24. The molecule has 0 aliphatic rings. The van der Waals surface area contributed by atoms with Crippen LogP contribution in [0.2, 0.25) is 0 Å². The highest BCUT2D eigenvalue weighted by atomic mass is 79.9. The Morgan fingerprint density at radius 3 is 2.71 bits per heavy atom. The second kappa shape index (κ2) is 8.17. The Balaban J connectivity index is 2.50. The molecule has 1 N–H and O–H groups in total. The highest BCUT2D eigenvalue weighted by Crippen LogP contribution is 2.29. The highest BCUT2D eigenvalue weighted by molar-refractivity contribution is 9.10. The zero-order valence-electron chi connectivity index (χ0n) is 10.9. The molecule has 0 aliphatic carbocycles. The molecule has 0 amide bonds. The van der Waals surface area contributed by atoms with Gasteiger partial charge in [-0.2, -0.15) is 0 Å². The van der Waals surface area contributed by atoms with Crippen LogP contribution in [-0.2, 0) is 6.54 Å². The maximum atomic E-state index is 3.66. The summed E-state index contributed by atoms with van der Waals surface area (Å²) < 4.78 is 1.22. The van der Waals surface area contributed by atoms with Crippen LogP contribution in [0.5, 0.6) is 0 Å². The minimum Gasteiger partial charge on any atom is -0.313 e. The summed E-state index contributed by atoms with van der Waals surface area (Å²) >= 11 is 5.60. The molecular weight excluding hydrogens is 294 g/mol. The molecule has 0 saturated heterocycles. The number of thioether (sulfide) groups is 1. The molecule has 1 rings (SSSR count). The molecule has 96 valence electrons. The number of nitrogens with one attached hydrogen (secondary N) is 1. The zero-order valence-corrected chi connectivity index (χ0v) is 13.3. The van der Waals surface area contributed by atoms with Crippen molar-refractivity contribution in [3.63, 3.8) is 0 Å². The SMILES string of the molecule is CCNCc1ccc(SCCC(C)C)c(Br)c1. The lowest BCUT2D eigenvalue weighted by Gasteiger charge is -2.08. The summed E-state index contributed by atoms with van der Waals surface area (Å²) in [6, 6.07) is 6.66. The third-order valence-corrected chi connectivity index (χ3v) is 4.55. The molecule has 1 aromatic carbocycles. The molecule has 0 atom stereocenters. The Morgan fingerprint density at radius 1 is 1.35 bits per heavy atom. The number of hydrogen-bond acceptors (Lipinski definition) is 2. The molecular formula is C14H22BrNS. The molecule has 0 aromatic heterocycles. The van der Waals surface area contributed by atoms with Crippen LogP contribution in [0.15, 0.2) is 27.6 Å². The number of hydrogen-bond donors (Lipinski definition) is 1. The highest BCUT2D eigenvalue weighted by Gasteiger charge is 2.03. The molecule has 0 heterocycles. The van der Waals surface area contributed by atoms with E-state index in [-0.39, 0.29) is 0 Å². The van der Waals surface area contributed by atoms with Crippen LogP contribution >= 0.6 is 27.7 Å². The predicted molar refractivity (Wildman–Crippen MR) is 81.7 cm³/mol. The van der Waals surface area contributed by atoms with Gasteiger partial charge in [-0.1, -0.05) is 26.8 Å². The summed E-state index contributed by atoms with van der Waals surface area (Å²) in [6.07, 6.45) is 1.27. The van der Waals surface area contributed by atoms with E-state index in [1.54, 1.807) is 0 Å². The molecule has 0 aliphatic heterocycles. The van der Waals surface area contributed by atoms with E-state index in [0.717, 1.165) is 19.0 Å². The van der Waals surface area contributed by atoms with Crippen molar-refractivity contribution in [2.45, 2.75) is 38.6 Å². The van der Waals surface area contributed by atoms with Crippen LogP contribution in [0.25, 0.3) is 0 Å². The maximum Gasteiger partial charge on any atom is 0.0314 e. The average molecular weight is 316 g/mol. The largest absolute Gasteiger partial charge is 0.313 e. The normalized spacial score (nSPS) is 11.1. The van der Waals surface area contributed by atoms with Gasteiger partial charge in [0.1, 0.15) is 0 Å². The Hall–Kier alpha value is 0.01000. The van der Waals surface area contributed by atoms with Crippen LogP contribution in [0, 0.1) is 5.92 Å². The molecule has 1 nitrogen and oxygen atoms in total. The van der Waals surface area contributed by atoms with Gasteiger partial charge in [0.05, 0.1) is 0 Å². The van der Waals surface area contributed by atoms with Crippen molar-refractivity contribution in [3.05, 3.63) is 28.2 Å². The first-order valence-corrected chi connectivity index (χ1v) is 8.03. The van der Waals surface area contributed by atoms with Gasteiger partial charge in [-0.05, 0) is 58.3 Å². The van der Waals surface area contributed by atoms with Gasteiger partial charge >= 0.3 is 0 Å². The van der Waals surface area contributed by atoms with Crippen LogP contribution in [0.1, 0.15) is 32.8 Å². The van der Waals surface area contributed by atoms with Gasteiger partial charge in [-0.15, -0.1) is 11.8 Å². The van der Waals surface area contributed by atoms with E-state index in [1.807, 2.05) is 11.8 Å². The molecule has 0 saturated carbocycles. The third-order valence-electron chi connectivity index (χ3n) is 2.53. The van der Waals surface area contributed by atoms with Crippen LogP contribution < -0.4 is 5.32 Å². The lowest BCUT2D eigenvalue weighted by molar-refractivity contribution is 0.632. The average Bonchev–Trinajstić information content (AvgIpc) is 2.28. The van der Waals surface area contributed by atoms with Crippen molar-refractivity contribution in [2.24, 2.45) is 5.92 Å². The second-order valence-corrected chi connectivity index (χ2v) is 6.57. The van der Waals surface area contributed by atoms with E-state index in [4.69, 9.17) is 0 Å². The van der Waals surface area contributed by atoms with Crippen molar-refractivity contribution in [3.8, 4) is 0 Å². The first-order valence-electron chi connectivity index (χ1n) is 6.25. The number of halogens is 1. The fraction of sp³-hybridized carbons (Fsp3) is 0.571. The maximum absolute atomic E-state index is 3.66. The molecule has 0 spiro atoms. The molecule has 0 bridgehead atoms. The summed E-state index contributed by atoms with van der Waals surface area (Å²) in [6.45, 7) is 8.64. The van der Waals surface area contributed by atoms with Gasteiger partial charge in [0.2, 0.25) is 0 Å². The van der Waals surface area contributed by atoms with Crippen molar-refractivity contribution < 1.29 is 0 Å². The van der Waals surface area contributed by atoms with Crippen molar-refractivity contribution in [1.82, 2.24) is 5.32 Å². The standard InChI is InChI=1S/C14H22BrNS/c1-4-16-10-12-5-6-14(13(15)9-12)17-8-7-11(2)3/h5-6,9,11,16H,4,7-8,10H2,1-3H3. The van der Waals surface area contributed by atoms with Crippen LogP contribution in [0.3, 0.4) is 0 Å². The quantitative estimate of drug-likeness (QED) is 0.732. The molecule has 0 fully saturated rings. The smallest absolute Gasteiger partial charge is 0.0314 e. The Morgan fingerprint density at radius 2 is 2.12 bits per heavy atom. The molecule has 0 unspecified atom stereocenters. The lowest BCUT2D eigenvalue weighted by Crippen LogP contribution is -2.11. The molecule has 3 heteroatoms. The second-order valence-electron chi connectivity index (χ2n) is 4.58. The van der Waals surface area contributed by atoms with E-state index in [9.17, 15) is 0 Å². The van der Waals surface area contributed by atoms with Gasteiger partial charge in [0.25, 0.3) is 0 Å². The topological polar surface area (TPSA) is 12.0 Å². The molecule has 0 radical (unpaired) electrons. The van der Waals surface area contributed by atoms with Crippen molar-refractivity contribution in [2.75, 3.05) is 12.3 Å². The lowest BCUT2D eigenvalue weighted by atomic mass is 10.2. The minimum atomic E-state index is 0.786. The monoisotopic (exact) mass is 315 g/mol. The summed E-state index contributed by atoms with van der Waals surface area (Å²) in [4.78, 5) is 1.35. The van der Waals surface area contributed by atoms with Gasteiger partial charge < -0.3 is 5.32 Å². The fourth-order valence-electron chi connectivity index (χ4n) is 1.45. The van der Waals surface area contributed by atoms with Gasteiger partial charge in [-0.25, -0.2) is 0 Å². The summed E-state index contributed by atoms with van der Waals surface area (Å²) in [7, 11) is 0. The fourth-order valence-corrected chi connectivity index (χ4v) is 3.39. The number of benzene rings is 1. The third kappa shape index (κ3) is 5.94. The molecule has 1 aromatic rings. The summed E-state index contributed by atoms with van der Waals surface area (Å²) in [5.74, 6) is 1.98. The van der Waals surface area contributed by atoms with E-state index in [2.05, 4.69) is 60.2 Å². The number of rotatable bonds is 7. The van der Waals surface area contributed by atoms with Crippen LogP contribution in [0.4, 0.5) is 0 Å². The summed E-state index contributed by atoms with van der Waals surface area (Å²) in [5.41, 5.74) is 1.34. The minimum absolute atomic E-state index is 0.786. The van der Waals surface area contributed by atoms with E-state index in [1.165, 1.54) is 27.1 Å². The van der Waals surface area contributed by atoms with Gasteiger partial charge in [-0.3, -0.25) is 0 Å². The van der Waals surface area contributed by atoms with Crippen LogP contribution in [-0.4, -0.2) is 12.3 Å². The first kappa shape index (κ1) is 15.1. The molecule has 17 heavy (non-hydrogen) atoms. The van der Waals surface area contributed by atoms with E-state index >= 15 is 0 Å². The Bertz CT molecular complexity index is 339. The van der Waals surface area contributed by atoms with Gasteiger partial charge in [0, 0.05) is 15.9 Å². The van der Waals surface area contributed by atoms with Crippen molar-refractivity contribution in [1.29, 1.82) is 0 Å². The summed E-state index contributed by atoms with van der Waals surface area (Å²) in [5, 5.41) is 3.34. The van der Waals surface area contributed by atoms with Crippen molar-refractivity contribution >= 4 is 27.7 Å². The van der Waals surface area contributed by atoms with Gasteiger partial charge in [0.15, 0.2) is 0 Å². The first-order chi connectivity index (χ1) is 8.13. The Labute approximate surface area is 118 Å². The van der Waals surface area contributed by atoms with E-state index < -0.39 is 0 Å². The predicted octanol–water partition coefficient (Wildman–Crippen LogP) is 4.70.